The third kappa shape index (κ3) is 2.97. The van der Waals surface area contributed by atoms with E-state index in [4.69, 9.17) is 12.2 Å². The van der Waals surface area contributed by atoms with Gasteiger partial charge in [0.2, 0.25) is 0 Å². The molecule has 1 N–H and O–H groups in total. The zero-order chi connectivity index (χ0) is 13.9. The smallest absolute Gasteiger partial charge is 0.174 e. The average Bonchev–Trinajstić information content (AvgIpc) is 3.11. The molecule has 3 rings (SSSR count). The Labute approximate surface area is 131 Å². The first-order valence-electron chi connectivity index (χ1n) is 6.22. The number of nitrogens with zero attached hydrogens (tertiary/aromatic N) is 1. The number of benzene rings is 1. The van der Waals surface area contributed by atoms with Gasteiger partial charge >= 0.3 is 0 Å². The molecule has 2 aromatic rings. The van der Waals surface area contributed by atoms with Crippen LogP contribution in [0.4, 0.5) is 10.1 Å². The number of anilines is 1. The molecule has 0 radical (unpaired) electrons. The summed E-state index contributed by atoms with van der Waals surface area (Å²) < 4.78 is 12.9. The molecule has 2 nitrogen and oxygen atoms in total. The minimum atomic E-state index is -0.241. The van der Waals surface area contributed by atoms with Crippen LogP contribution in [0.5, 0.6) is 0 Å². The third-order valence-electron chi connectivity index (χ3n) is 3.03. The van der Waals surface area contributed by atoms with Crippen LogP contribution in [0.1, 0.15) is 10.3 Å². The predicted molar refractivity (Wildman–Crippen MR) is 88.8 cm³/mol. The Hall–Kier alpha value is -1.11. The van der Waals surface area contributed by atoms with Crippen LogP contribution in [0.15, 0.2) is 41.8 Å². The summed E-state index contributed by atoms with van der Waals surface area (Å²) in [6.07, 6.45) is 0. The highest BCUT2D eigenvalue weighted by Crippen LogP contribution is 2.40. The average molecular weight is 324 g/mol. The van der Waals surface area contributed by atoms with E-state index >= 15 is 0 Å². The second-order valence-corrected chi connectivity index (χ2v) is 6.92. The predicted octanol–water partition coefficient (Wildman–Crippen LogP) is 4.33. The van der Waals surface area contributed by atoms with Gasteiger partial charge in [-0.3, -0.25) is 0 Å². The molecule has 1 aliphatic heterocycles. The van der Waals surface area contributed by atoms with Crippen LogP contribution in [0.25, 0.3) is 0 Å². The Bertz CT molecular complexity index is 583. The van der Waals surface area contributed by atoms with Crippen molar-refractivity contribution < 1.29 is 4.39 Å². The number of hydrogen-bond donors (Lipinski definition) is 1. The summed E-state index contributed by atoms with van der Waals surface area (Å²) in [6.45, 7) is 0.931. The lowest BCUT2D eigenvalue weighted by Gasteiger charge is -2.26. The molecule has 1 saturated heterocycles. The van der Waals surface area contributed by atoms with E-state index in [9.17, 15) is 4.39 Å². The van der Waals surface area contributed by atoms with Crippen molar-refractivity contribution in [2.24, 2.45) is 0 Å². The molecule has 104 valence electrons. The molecule has 0 unspecified atom stereocenters. The van der Waals surface area contributed by atoms with Crippen molar-refractivity contribution in [1.82, 2.24) is 4.90 Å². The monoisotopic (exact) mass is 324 g/mol. The number of thiophene rings is 1. The van der Waals surface area contributed by atoms with E-state index in [-0.39, 0.29) is 11.2 Å². The second-order valence-electron chi connectivity index (χ2n) is 4.37. The first-order valence-corrected chi connectivity index (χ1v) is 8.56. The lowest BCUT2D eigenvalue weighted by molar-refractivity contribution is 0.462. The maximum atomic E-state index is 12.9. The zero-order valence-corrected chi connectivity index (χ0v) is 13.0. The van der Waals surface area contributed by atoms with E-state index in [0.717, 1.165) is 18.0 Å². The molecule has 0 bridgehead atoms. The van der Waals surface area contributed by atoms with Crippen molar-refractivity contribution in [1.29, 1.82) is 0 Å². The summed E-state index contributed by atoms with van der Waals surface area (Å²) in [7, 11) is 0. The van der Waals surface area contributed by atoms with E-state index in [2.05, 4.69) is 27.7 Å². The number of hydrogen-bond acceptors (Lipinski definition) is 3. The van der Waals surface area contributed by atoms with Gasteiger partial charge in [0, 0.05) is 22.9 Å². The molecule has 2 heterocycles. The summed E-state index contributed by atoms with van der Waals surface area (Å²) in [4.78, 5) is 3.51. The fourth-order valence-electron chi connectivity index (χ4n) is 2.07. The van der Waals surface area contributed by atoms with Crippen molar-refractivity contribution in [2.75, 3.05) is 17.6 Å². The molecule has 0 spiro atoms. The minimum absolute atomic E-state index is 0.241. The largest absolute Gasteiger partial charge is 0.333 e. The molecular formula is C14H13FN2S3. The van der Waals surface area contributed by atoms with Gasteiger partial charge in [-0.25, -0.2) is 4.39 Å². The first kappa shape index (κ1) is 13.9. The van der Waals surface area contributed by atoms with Gasteiger partial charge in [0.15, 0.2) is 5.11 Å². The maximum Gasteiger partial charge on any atom is 0.174 e. The number of halogens is 1. The molecule has 20 heavy (non-hydrogen) atoms. The van der Waals surface area contributed by atoms with Gasteiger partial charge in [-0.15, -0.1) is 23.1 Å². The van der Waals surface area contributed by atoms with Gasteiger partial charge in [0.05, 0.1) is 0 Å². The fourth-order valence-corrected chi connectivity index (χ4v) is 4.70. The van der Waals surface area contributed by atoms with Crippen molar-refractivity contribution in [2.45, 2.75) is 5.37 Å². The number of thiocarbonyl (C=S) groups is 1. The van der Waals surface area contributed by atoms with E-state index in [1.807, 2.05) is 11.8 Å². The minimum Gasteiger partial charge on any atom is -0.333 e. The molecule has 1 aromatic heterocycles. The van der Waals surface area contributed by atoms with Gasteiger partial charge in [-0.05, 0) is 47.9 Å². The van der Waals surface area contributed by atoms with E-state index < -0.39 is 0 Å². The van der Waals surface area contributed by atoms with Crippen LogP contribution in [-0.4, -0.2) is 22.3 Å². The van der Waals surface area contributed by atoms with Crippen LogP contribution >= 0.6 is 35.3 Å². The quantitative estimate of drug-likeness (QED) is 0.827. The van der Waals surface area contributed by atoms with Crippen molar-refractivity contribution in [3.8, 4) is 0 Å². The lowest BCUT2D eigenvalue weighted by Crippen LogP contribution is -2.33. The molecule has 6 heteroatoms. The molecule has 1 aliphatic rings. The number of nitrogens with one attached hydrogen (secondary N) is 1. The molecule has 1 fully saturated rings. The molecule has 1 aromatic carbocycles. The summed E-state index contributed by atoms with van der Waals surface area (Å²) in [6, 6.07) is 10.5. The standard InChI is InChI=1S/C14H13FN2S3/c15-10-3-5-11(6-4-10)16-14(18)17-7-9-20-13(17)12-2-1-8-19-12/h1-6,8,13H,7,9H2,(H,16,18)/t13-/m1/s1. The Morgan fingerprint density at radius 1 is 1.30 bits per heavy atom. The maximum absolute atomic E-state index is 12.9. The summed E-state index contributed by atoms with van der Waals surface area (Å²) >= 11 is 9.14. The highest BCUT2D eigenvalue weighted by atomic mass is 32.2. The van der Waals surface area contributed by atoms with Gasteiger partial charge in [-0.2, -0.15) is 0 Å². The van der Waals surface area contributed by atoms with Crippen LogP contribution in [0.3, 0.4) is 0 Å². The van der Waals surface area contributed by atoms with Crippen LogP contribution in [-0.2, 0) is 0 Å². The topological polar surface area (TPSA) is 15.3 Å². The Kier molecular flexibility index (Phi) is 4.24. The zero-order valence-electron chi connectivity index (χ0n) is 10.6. The fraction of sp³-hybridized carbons (Fsp3) is 0.214. The van der Waals surface area contributed by atoms with Crippen LogP contribution in [0, 0.1) is 5.82 Å². The molecule has 0 amide bonds. The first-order chi connectivity index (χ1) is 9.74. The van der Waals surface area contributed by atoms with Crippen molar-refractivity contribution in [3.63, 3.8) is 0 Å². The Balaban J connectivity index is 1.71. The van der Waals surface area contributed by atoms with Gasteiger partial charge < -0.3 is 10.2 Å². The van der Waals surface area contributed by atoms with E-state index in [0.29, 0.717) is 5.11 Å². The normalized spacial score (nSPS) is 18.2. The number of rotatable bonds is 2. The van der Waals surface area contributed by atoms with Crippen molar-refractivity contribution in [3.05, 3.63) is 52.5 Å². The van der Waals surface area contributed by atoms with Gasteiger partial charge in [0.1, 0.15) is 11.2 Å². The van der Waals surface area contributed by atoms with Crippen LogP contribution in [0.2, 0.25) is 0 Å². The highest BCUT2D eigenvalue weighted by Gasteiger charge is 2.29. The van der Waals surface area contributed by atoms with Crippen LogP contribution < -0.4 is 5.32 Å². The Morgan fingerprint density at radius 2 is 2.10 bits per heavy atom. The Morgan fingerprint density at radius 3 is 2.80 bits per heavy atom. The summed E-state index contributed by atoms with van der Waals surface area (Å²) in [5, 5.41) is 6.25. The molecule has 1 atom stereocenters. The van der Waals surface area contributed by atoms with E-state index in [1.165, 1.54) is 17.0 Å². The summed E-state index contributed by atoms with van der Waals surface area (Å²) in [5.41, 5.74) is 0.818. The van der Waals surface area contributed by atoms with Gasteiger partial charge in [0.25, 0.3) is 0 Å². The molecular weight excluding hydrogens is 311 g/mol. The third-order valence-corrected chi connectivity index (χ3v) is 5.69. The number of thioether (sulfide) groups is 1. The van der Waals surface area contributed by atoms with Crippen molar-refractivity contribution >= 4 is 46.1 Å². The lowest BCUT2D eigenvalue weighted by atomic mass is 10.3. The summed E-state index contributed by atoms with van der Waals surface area (Å²) in [5.74, 6) is 0.822. The van der Waals surface area contributed by atoms with E-state index in [1.54, 1.807) is 23.5 Å². The highest BCUT2D eigenvalue weighted by molar-refractivity contribution is 7.99. The SMILES string of the molecule is Fc1ccc(NC(=S)N2CCS[C@@H]2c2cccs2)cc1. The second kappa shape index (κ2) is 6.11. The molecule has 0 saturated carbocycles. The van der Waals surface area contributed by atoms with Gasteiger partial charge in [-0.1, -0.05) is 6.07 Å². The molecule has 0 aliphatic carbocycles.